The third kappa shape index (κ3) is 5.85. The van der Waals surface area contributed by atoms with Crippen molar-refractivity contribution in [2.24, 2.45) is 0 Å². The number of carbonyl (C=O) groups is 2. The summed E-state index contributed by atoms with van der Waals surface area (Å²) in [4.78, 5) is 42.8. The first-order valence-electron chi connectivity index (χ1n) is 12.6. The van der Waals surface area contributed by atoms with E-state index >= 15 is 0 Å². The van der Waals surface area contributed by atoms with Gasteiger partial charge in [0.25, 0.3) is 5.91 Å². The van der Waals surface area contributed by atoms with E-state index in [0.717, 1.165) is 11.1 Å². The maximum Gasteiger partial charge on any atom is 0.330 e. The highest BCUT2D eigenvalue weighted by molar-refractivity contribution is 6.07. The van der Waals surface area contributed by atoms with Crippen molar-refractivity contribution in [3.05, 3.63) is 96.5 Å². The van der Waals surface area contributed by atoms with Gasteiger partial charge in [-0.2, -0.15) is 4.98 Å². The molecule has 3 heterocycles. The number of urea groups is 1. The number of nitrogens with zero attached hydrogens (tertiary/aromatic N) is 5. The lowest BCUT2D eigenvalue weighted by Gasteiger charge is -2.34. The summed E-state index contributed by atoms with van der Waals surface area (Å²) < 4.78 is 5.46. The Bertz CT molecular complexity index is 1510. The Hall–Kier alpha value is -4.99. The van der Waals surface area contributed by atoms with Crippen LogP contribution >= 0.6 is 0 Å². The van der Waals surface area contributed by atoms with Crippen LogP contribution in [0.2, 0.25) is 0 Å². The summed E-state index contributed by atoms with van der Waals surface area (Å²) in [5, 5.41) is 5.95. The SMILES string of the molecule is C=C/C=C(\C=C)Nc1ncc2c(n1)N(C)C(=O)N(c1cc(NC(=O)c3cccc(C(C)(C)C)c3)cnc1OC)C2. The van der Waals surface area contributed by atoms with E-state index in [2.05, 4.69) is 59.5 Å². The van der Waals surface area contributed by atoms with E-state index in [1.807, 2.05) is 18.2 Å². The summed E-state index contributed by atoms with van der Waals surface area (Å²) in [6.07, 6.45) is 8.13. The number of pyridine rings is 1. The second-order valence-corrected chi connectivity index (χ2v) is 10.2. The molecule has 3 amide bonds. The number of hydrogen-bond donors (Lipinski definition) is 2. The summed E-state index contributed by atoms with van der Waals surface area (Å²) in [6, 6.07) is 8.83. The smallest absolute Gasteiger partial charge is 0.330 e. The Morgan fingerprint density at radius 3 is 2.58 bits per heavy atom. The first kappa shape index (κ1) is 28.0. The standard InChI is InChI=1S/C30H33N7O3/c1-8-11-22(9-2)34-28-32-16-20-18-37(29(39)36(6)25(20)35-28)24-15-23(17-31-27(24)40-7)33-26(38)19-12-10-13-21(14-19)30(3,4)5/h8-17H,1-2,18H2,3-7H3,(H,33,38)(H,32,34,35)/b22-11+. The van der Waals surface area contributed by atoms with Gasteiger partial charge in [-0.1, -0.05) is 52.1 Å². The zero-order valence-corrected chi connectivity index (χ0v) is 23.4. The van der Waals surface area contributed by atoms with Crippen LogP contribution in [0, 0.1) is 0 Å². The van der Waals surface area contributed by atoms with Crippen LogP contribution in [0.25, 0.3) is 0 Å². The molecule has 0 saturated heterocycles. The van der Waals surface area contributed by atoms with Crippen LogP contribution in [0.4, 0.5) is 27.9 Å². The van der Waals surface area contributed by atoms with Crippen molar-refractivity contribution in [2.45, 2.75) is 32.7 Å². The number of hydrogen-bond acceptors (Lipinski definition) is 7. The van der Waals surface area contributed by atoms with Crippen molar-refractivity contribution in [1.82, 2.24) is 15.0 Å². The maximum atomic E-state index is 13.5. The predicted molar refractivity (Wildman–Crippen MR) is 158 cm³/mol. The van der Waals surface area contributed by atoms with Crippen LogP contribution in [0.5, 0.6) is 5.88 Å². The van der Waals surface area contributed by atoms with Crippen LogP contribution in [-0.4, -0.2) is 41.0 Å². The van der Waals surface area contributed by atoms with E-state index in [1.54, 1.807) is 43.6 Å². The monoisotopic (exact) mass is 539 g/mol. The number of allylic oxidation sites excluding steroid dienone is 3. The van der Waals surface area contributed by atoms with Gasteiger partial charge < -0.3 is 15.4 Å². The number of rotatable bonds is 8. The van der Waals surface area contributed by atoms with Crippen molar-refractivity contribution in [3.63, 3.8) is 0 Å². The molecule has 0 atom stereocenters. The number of amides is 3. The number of methoxy groups -OCH3 is 1. The Balaban J connectivity index is 1.62. The molecule has 1 aliphatic rings. The summed E-state index contributed by atoms with van der Waals surface area (Å²) >= 11 is 0. The molecule has 1 aliphatic heterocycles. The summed E-state index contributed by atoms with van der Waals surface area (Å²) in [5.74, 6) is 0.742. The zero-order chi connectivity index (χ0) is 29.0. The van der Waals surface area contributed by atoms with Crippen LogP contribution in [-0.2, 0) is 12.0 Å². The number of carbonyl (C=O) groups excluding carboxylic acids is 2. The lowest BCUT2D eigenvalue weighted by atomic mass is 9.86. The molecule has 3 aromatic rings. The molecule has 4 rings (SSSR count). The number of nitrogens with one attached hydrogen (secondary N) is 2. The van der Waals surface area contributed by atoms with Gasteiger partial charge in [0.2, 0.25) is 11.8 Å². The van der Waals surface area contributed by atoms with E-state index in [0.29, 0.717) is 34.4 Å². The van der Waals surface area contributed by atoms with Crippen LogP contribution in [0.15, 0.2) is 79.8 Å². The quantitative estimate of drug-likeness (QED) is 0.355. The largest absolute Gasteiger partial charge is 0.480 e. The Kier molecular flexibility index (Phi) is 7.99. The van der Waals surface area contributed by atoms with Crippen molar-refractivity contribution < 1.29 is 14.3 Å². The highest BCUT2D eigenvalue weighted by Gasteiger charge is 2.33. The molecular formula is C30H33N7O3. The molecular weight excluding hydrogens is 506 g/mol. The molecule has 2 aromatic heterocycles. The molecule has 1 aromatic carbocycles. The fraction of sp³-hybridized carbons (Fsp3) is 0.233. The Morgan fingerprint density at radius 2 is 1.90 bits per heavy atom. The van der Waals surface area contributed by atoms with Crippen molar-refractivity contribution in [2.75, 3.05) is 34.6 Å². The van der Waals surface area contributed by atoms with Gasteiger partial charge in [-0.05, 0) is 41.3 Å². The average Bonchev–Trinajstić information content (AvgIpc) is 2.94. The van der Waals surface area contributed by atoms with Gasteiger partial charge in [0.05, 0.1) is 25.5 Å². The average molecular weight is 540 g/mol. The third-order valence-corrected chi connectivity index (χ3v) is 6.34. The summed E-state index contributed by atoms with van der Waals surface area (Å²) in [5.41, 5.74) is 3.68. The molecule has 0 aliphatic carbocycles. The van der Waals surface area contributed by atoms with Gasteiger partial charge in [-0.15, -0.1) is 0 Å². The second kappa shape index (κ2) is 11.4. The number of fused-ring (bicyclic) bond motifs is 1. The fourth-order valence-corrected chi connectivity index (χ4v) is 4.16. The minimum atomic E-state index is -0.343. The van der Waals surface area contributed by atoms with Crippen LogP contribution in [0.3, 0.4) is 0 Å². The Morgan fingerprint density at radius 1 is 1.12 bits per heavy atom. The van der Waals surface area contributed by atoms with Gasteiger partial charge in [0, 0.05) is 30.1 Å². The van der Waals surface area contributed by atoms with Crippen LogP contribution in [0.1, 0.15) is 42.3 Å². The molecule has 10 nitrogen and oxygen atoms in total. The first-order valence-corrected chi connectivity index (χ1v) is 12.6. The topological polar surface area (TPSA) is 113 Å². The van der Waals surface area contributed by atoms with E-state index < -0.39 is 0 Å². The lowest BCUT2D eigenvalue weighted by molar-refractivity contribution is 0.102. The highest BCUT2D eigenvalue weighted by atomic mass is 16.5. The molecule has 206 valence electrons. The highest BCUT2D eigenvalue weighted by Crippen LogP contribution is 2.35. The molecule has 40 heavy (non-hydrogen) atoms. The van der Waals surface area contributed by atoms with Gasteiger partial charge in [-0.25, -0.2) is 14.8 Å². The fourth-order valence-electron chi connectivity index (χ4n) is 4.16. The normalized spacial score (nSPS) is 13.4. The molecule has 0 radical (unpaired) electrons. The third-order valence-electron chi connectivity index (χ3n) is 6.34. The predicted octanol–water partition coefficient (Wildman–Crippen LogP) is 5.67. The van der Waals surface area contributed by atoms with Crippen LogP contribution < -0.4 is 25.2 Å². The summed E-state index contributed by atoms with van der Waals surface area (Å²) in [7, 11) is 3.11. The minimum absolute atomic E-state index is 0.0984. The minimum Gasteiger partial charge on any atom is -0.480 e. The molecule has 0 fully saturated rings. The molecule has 0 spiro atoms. The number of benzene rings is 1. The van der Waals surface area contributed by atoms with E-state index in [1.165, 1.54) is 23.1 Å². The molecule has 0 bridgehead atoms. The van der Waals surface area contributed by atoms with Crippen molar-refractivity contribution in [3.8, 4) is 5.88 Å². The Labute approximate surface area is 234 Å². The lowest BCUT2D eigenvalue weighted by Crippen LogP contribution is -2.46. The second-order valence-electron chi connectivity index (χ2n) is 10.2. The molecule has 0 unspecified atom stereocenters. The maximum absolute atomic E-state index is 13.5. The van der Waals surface area contributed by atoms with Crippen molar-refractivity contribution >= 4 is 35.1 Å². The van der Waals surface area contributed by atoms with Gasteiger partial charge in [0.1, 0.15) is 11.5 Å². The van der Waals surface area contributed by atoms with Gasteiger partial charge in [0.15, 0.2) is 0 Å². The van der Waals surface area contributed by atoms with Crippen molar-refractivity contribution in [1.29, 1.82) is 0 Å². The van der Waals surface area contributed by atoms with Gasteiger partial charge in [-0.3, -0.25) is 14.6 Å². The number of anilines is 4. The van der Waals surface area contributed by atoms with E-state index in [9.17, 15) is 9.59 Å². The number of ether oxygens (including phenoxy) is 1. The number of aromatic nitrogens is 3. The first-order chi connectivity index (χ1) is 19.0. The molecule has 2 N–H and O–H groups in total. The van der Waals surface area contributed by atoms with Gasteiger partial charge >= 0.3 is 6.03 Å². The molecule has 10 heteroatoms. The zero-order valence-electron chi connectivity index (χ0n) is 23.4. The van der Waals surface area contributed by atoms with E-state index in [-0.39, 0.29) is 29.8 Å². The van der Waals surface area contributed by atoms with E-state index in [4.69, 9.17) is 4.74 Å². The molecule has 0 saturated carbocycles. The summed E-state index contributed by atoms with van der Waals surface area (Å²) in [6.45, 7) is 13.9.